The minimum atomic E-state index is -3.17. The first-order valence-electron chi connectivity index (χ1n) is 4.87. The predicted molar refractivity (Wildman–Crippen MR) is 54.4 cm³/mol. The summed E-state index contributed by atoms with van der Waals surface area (Å²) >= 11 is 0. The van der Waals surface area contributed by atoms with Gasteiger partial charge in [-0.15, -0.1) is 0 Å². The molecule has 3 N–H and O–H groups in total. The van der Waals surface area contributed by atoms with E-state index in [0.29, 0.717) is 19.6 Å². The molecular formula is C8H18N2O3S. The Kier molecular flexibility index (Phi) is 4.31. The number of sulfonamides is 1. The van der Waals surface area contributed by atoms with Crippen LogP contribution < -0.4 is 10.5 Å². The van der Waals surface area contributed by atoms with Crippen LogP contribution in [0.5, 0.6) is 0 Å². The Labute approximate surface area is 85.1 Å². The topological polar surface area (TPSA) is 81.4 Å². The maximum Gasteiger partial charge on any atom is 0.211 e. The summed E-state index contributed by atoms with van der Waals surface area (Å²) in [6.07, 6.45) is 1.22. The lowest BCUT2D eigenvalue weighted by Gasteiger charge is -2.15. The van der Waals surface area contributed by atoms with Gasteiger partial charge in [-0.25, -0.2) is 13.1 Å². The second-order valence-electron chi connectivity index (χ2n) is 3.55. The van der Waals surface area contributed by atoms with Crippen LogP contribution in [0.1, 0.15) is 19.8 Å². The van der Waals surface area contributed by atoms with Crippen molar-refractivity contribution in [2.75, 3.05) is 18.9 Å². The van der Waals surface area contributed by atoms with Gasteiger partial charge in [0.25, 0.3) is 0 Å². The van der Waals surface area contributed by atoms with E-state index in [1.54, 1.807) is 0 Å². The maximum absolute atomic E-state index is 11.5. The van der Waals surface area contributed by atoms with Gasteiger partial charge in [0.05, 0.1) is 11.9 Å². The van der Waals surface area contributed by atoms with E-state index in [0.717, 1.165) is 6.42 Å². The van der Waals surface area contributed by atoms with Crippen molar-refractivity contribution in [1.29, 1.82) is 0 Å². The Morgan fingerprint density at radius 1 is 1.57 bits per heavy atom. The summed E-state index contributed by atoms with van der Waals surface area (Å²) in [7, 11) is -3.17. The van der Waals surface area contributed by atoms with Crippen LogP contribution in [0.4, 0.5) is 0 Å². The zero-order valence-corrected chi connectivity index (χ0v) is 9.22. The number of hydrogen-bond acceptors (Lipinski definition) is 4. The van der Waals surface area contributed by atoms with Crippen LogP contribution in [0.3, 0.4) is 0 Å². The van der Waals surface area contributed by atoms with E-state index in [2.05, 4.69) is 4.72 Å². The molecule has 0 radical (unpaired) electrons. The predicted octanol–water partition coefficient (Wildman–Crippen LogP) is -0.568. The van der Waals surface area contributed by atoms with Crippen LogP contribution >= 0.6 is 0 Å². The molecule has 0 amide bonds. The smallest absolute Gasteiger partial charge is 0.211 e. The molecule has 14 heavy (non-hydrogen) atoms. The molecule has 0 aromatic rings. The van der Waals surface area contributed by atoms with Crippen molar-refractivity contribution < 1.29 is 13.2 Å². The van der Waals surface area contributed by atoms with Gasteiger partial charge in [-0.05, 0) is 26.3 Å². The molecular weight excluding hydrogens is 204 g/mol. The van der Waals surface area contributed by atoms with E-state index < -0.39 is 10.0 Å². The quantitative estimate of drug-likeness (QED) is 0.653. The molecule has 0 aliphatic carbocycles. The Balaban J connectivity index is 2.42. The van der Waals surface area contributed by atoms with Crippen molar-refractivity contribution in [3.05, 3.63) is 0 Å². The Morgan fingerprint density at radius 3 is 2.79 bits per heavy atom. The third-order valence-electron chi connectivity index (χ3n) is 2.32. The molecule has 1 aliphatic rings. The highest BCUT2D eigenvalue weighted by atomic mass is 32.2. The van der Waals surface area contributed by atoms with E-state index in [4.69, 9.17) is 10.5 Å². The van der Waals surface area contributed by atoms with Crippen LogP contribution in [0.2, 0.25) is 0 Å². The fraction of sp³-hybridized carbons (Fsp3) is 1.00. The number of rotatable bonds is 5. The van der Waals surface area contributed by atoms with Gasteiger partial charge in [-0.2, -0.15) is 0 Å². The van der Waals surface area contributed by atoms with E-state index in [-0.39, 0.29) is 17.9 Å². The Hall–Kier alpha value is -0.170. The van der Waals surface area contributed by atoms with Gasteiger partial charge in [0.15, 0.2) is 0 Å². The number of hydrogen-bond donors (Lipinski definition) is 2. The fourth-order valence-corrected chi connectivity index (χ4v) is 2.88. The Bertz CT molecular complexity index is 266. The highest BCUT2D eigenvalue weighted by Crippen LogP contribution is 2.13. The molecule has 1 heterocycles. The van der Waals surface area contributed by atoms with Gasteiger partial charge in [0, 0.05) is 12.6 Å². The van der Waals surface area contributed by atoms with Crippen molar-refractivity contribution in [3.63, 3.8) is 0 Å². The van der Waals surface area contributed by atoms with Crippen LogP contribution in [-0.4, -0.2) is 39.5 Å². The first kappa shape index (κ1) is 11.9. The zero-order valence-electron chi connectivity index (χ0n) is 8.40. The number of nitrogens with two attached hydrogens (primary N) is 1. The summed E-state index contributed by atoms with van der Waals surface area (Å²) in [6, 6.07) is -0.0715. The number of nitrogens with one attached hydrogen (secondary N) is 1. The van der Waals surface area contributed by atoms with Gasteiger partial charge < -0.3 is 10.5 Å². The lowest BCUT2D eigenvalue weighted by atomic mass is 10.2. The van der Waals surface area contributed by atoms with E-state index >= 15 is 0 Å². The van der Waals surface area contributed by atoms with Gasteiger partial charge in [-0.1, -0.05) is 0 Å². The van der Waals surface area contributed by atoms with Crippen LogP contribution in [-0.2, 0) is 14.8 Å². The third-order valence-corrected chi connectivity index (χ3v) is 3.81. The summed E-state index contributed by atoms with van der Waals surface area (Å²) in [5.41, 5.74) is 5.25. The van der Waals surface area contributed by atoms with Crippen LogP contribution in [0, 0.1) is 0 Å². The molecule has 1 saturated heterocycles. The normalized spacial score (nSPS) is 28.1. The van der Waals surface area contributed by atoms with Crippen molar-refractivity contribution in [3.8, 4) is 0 Å². The molecule has 84 valence electrons. The second-order valence-corrected chi connectivity index (χ2v) is 5.42. The van der Waals surface area contributed by atoms with Gasteiger partial charge >= 0.3 is 0 Å². The van der Waals surface area contributed by atoms with Crippen molar-refractivity contribution in [2.45, 2.75) is 31.9 Å². The molecule has 0 saturated carbocycles. The molecule has 2 unspecified atom stereocenters. The summed E-state index contributed by atoms with van der Waals surface area (Å²) in [5, 5.41) is 0. The van der Waals surface area contributed by atoms with E-state index in [9.17, 15) is 8.42 Å². The molecule has 6 heteroatoms. The standard InChI is InChI=1S/C8H18N2O3S/c1-7-8(3-5-13-7)10-14(11,12)6-2-4-9/h7-8,10H,2-6,9H2,1H3. The lowest BCUT2D eigenvalue weighted by molar-refractivity contribution is 0.117. The number of ether oxygens (including phenoxy) is 1. The van der Waals surface area contributed by atoms with Crippen molar-refractivity contribution in [2.24, 2.45) is 5.73 Å². The van der Waals surface area contributed by atoms with Crippen LogP contribution in [0.15, 0.2) is 0 Å². The second kappa shape index (κ2) is 5.06. The maximum atomic E-state index is 11.5. The highest BCUT2D eigenvalue weighted by Gasteiger charge is 2.27. The largest absolute Gasteiger partial charge is 0.377 e. The fourth-order valence-electron chi connectivity index (χ4n) is 1.45. The Morgan fingerprint density at radius 2 is 2.29 bits per heavy atom. The summed E-state index contributed by atoms with van der Waals surface area (Å²) < 4.78 is 30.8. The molecule has 0 bridgehead atoms. The monoisotopic (exact) mass is 222 g/mol. The molecule has 1 aliphatic heterocycles. The van der Waals surface area contributed by atoms with Crippen molar-refractivity contribution in [1.82, 2.24) is 4.72 Å². The van der Waals surface area contributed by atoms with Crippen molar-refractivity contribution >= 4 is 10.0 Å². The first-order valence-corrected chi connectivity index (χ1v) is 6.52. The summed E-state index contributed by atoms with van der Waals surface area (Å²) in [5.74, 6) is 0.104. The zero-order chi connectivity index (χ0) is 10.6. The molecule has 0 spiro atoms. The summed E-state index contributed by atoms with van der Waals surface area (Å²) in [4.78, 5) is 0. The molecule has 0 aromatic carbocycles. The molecule has 5 nitrogen and oxygen atoms in total. The first-order chi connectivity index (χ1) is 6.55. The minimum absolute atomic E-state index is 0.0253. The van der Waals surface area contributed by atoms with Gasteiger partial charge in [0.2, 0.25) is 10.0 Å². The summed E-state index contributed by atoms with van der Waals surface area (Å²) in [6.45, 7) is 2.91. The molecule has 0 aromatic heterocycles. The minimum Gasteiger partial charge on any atom is -0.377 e. The van der Waals surface area contributed by atoms with E-state index in [1.807, 2.05) is 6.92 Å². The van der Waals surface area contributed by atoms with Crippen LogP contribution in [0.25, 0.3) is 0 Å². The highest BCUT2D eigenvalue weighted by molar-refractivity contribution is 7.89. The molecule has 1 fully saturated rings. The van der Waals surface area contributed by atoms with Gasteiger partial charge in [0.1, 0.15) is 0 Å². The third kappa shape index (κ3) is 3.53. The van der Waals surface area contributed by atoms with E-state index in [1.165, 1.54) is 0 Å². The molecule has 1 rings (SSSR count). The lowest BCUT2D eigenvalue weighted by Crippen LogP contribution is -2.40. The molecule has 2 atom stereocenters. The average Bonchev–Trinajstić information content (AvgIpc) is 2.48. The van der Waals surface area contributed by atoms with Gasteiger partial charge in [-0.3, -0.25) is 0 Å². The SMILES string of the molecule is CC1OCCC1NS(=O)(=O)CCCN. The average molecular weight is 222 g/mol.